The van der Waals surface area contributed by atoms with Gasteiger partial charge in [0.1, 0.15) is 0 Å². The Morgan fingerprint density at radius 3 is 2.69 bits per heavy atom. The molecule has 1 rings (SSSR count). The van der Waals surface area contributed by atoms with Crippen molar-refractivity contribution in [1.82, 2.24) is 10.3 Å². The van der Waals surface area contributed by atoms with Gasteiger partial charge in [0.15, 0.2) is 0 Å². The largest absolute Gasteiger partial charge is 0.312 e. The minimum Gasteiger partial charge on any atom is -0.312 e. The normalized spacial score (nSPS) is 13.5. The minimum atomic E-state index is 0.439. The van der Waals surface area contributed by atoms with E-state index in [4.69, 9.17) is 0 Å². The summed E-state index contributed by atoms with van der Waals surface area (Å²) in [6.07, 6.45) is 2.43. The van der Waals surface area contributed by atoms with Gasteiger partial charge < -0.3 is 5.32 Å². The smallest absolute Gasteiger partial charge is 0.0795 e. The molecule has 0 radical (unpaired) electrons. The van der Waals surface area contributed by atoms with Gasteiger partial charge in [0, 0.05) is 5.38 Å². The molecule has 13 heavy (non-hydrogen) atoms. The average molecular weight is 198 g/mol. The van der Waals surface area contributed by atoms with Crippen LogP contribution in [-0.2, 0) is 0 Å². The van der Waals surface area contributed by atoms with Gasteiger partial charge in [-0.05, 0) is 25.8 Å². The number of nitrogens with zero attached hydrogens (tertiary/aromatic N) is 1. The molecular weight excluding hydrogens is 180 g/mol. The van der Waals surface area contributed by atoms with Crippen LogP contribution in [0, 0.1) is 5.92 Å². The van der Waals surface area contributed by atoms with Crippen molar-refractivity contribution >= 4 is 11.3 Å². The molecule has 1 aromatic rings. The van der Waals surface area contributed by atoms with Crippen LogP contribution in [0.15, 0.2) is 10.9 Å². The SMILES string of the molecule is CNC(CCC(C)C)c1cscn1. The number of nitrogens with one attached hydrogen (secondary N) is 1. The number of aromatic nitrogens is 1. The molecule has 74 valence electrons. The van der Waals surface area contributed by atoms with Crippen LogP contribution in [0.25, 0.3) is 0 Å². The molecule has 0 saturated heterocycles. The van der Waals surface area contributed by atoms with Crippen molar-refractivity contribution < 1.29 is 0 Å². The predicted octanol–water partition coefficient (Wildman–Crippen LogP) is 2.84. The third kappa shape index (κ3) is 3.44. The second kappa shape index (κ2) is 5.35. The molecule has 0 fully saturated rings. The van der Waals surface area contributed by atoms with Gasteiger partial charge >= 0.3 is 0 Å². The summed E-state index contributed by atoms with van der Waals surface area (Å²) in [5.74, 6) is 0.773. The number of hydrogen-bond donors (Lipinski definition) is 1. The molecule has 0 spiro atoms. The van der Waals surface area contributed by atoms with Gasteiger partial charge in [-0.2, -0.15) is 0 Å². The Hall–Kier alpha value is -0.410. The number of hydrogen-bond acceptors (Lipinski definition) is 3. The fourth-order valence-electron chi connectivity index (χ4n) is 1.33. The molecule has 0 amide bonds. The molecular formula is C10H18N2S. The lowest BCUT2D eigenvalue weighted by molar-refractivity contribution is 0.459. The van der Waals surface area contributed by atoms with E-state index in [1.807, 2.05) is 12.6 Å². The monoisotopic (exact) mass is 198 g/mol. The van der Waals surface area contributed by atoms with Gasteiger partial charge in [0.25, 0.3) is 0 Å². The van der Waals surface area contributed by atoms with Gasteiger partial charge in [-0.1, -0.05) is 13.8 Å². The summed E-state index contributed by atoms with van der Waals surface area (Å²) < 4.78 is 0. The van der Waals surface area contributed by atoms with Crippen molar-refractivity contribution in [3.63, 3.8) is 0 Å². The zero-order valence-electron chi connectivity index (χ0n) is 8.58. The molecule has 0 aliphatic heterocycles. The number of thiazole rings is 1. The lowest BCUT2D eigenvalue weighted by atomic mass is 10.0. The van der Waals surface area contributed by atoms with Crippen molar-refractivity contribution in [1.29, 1.82) is 0 Å². The van der Waals surface area contributed by atoms with E-state index < -0.39 is 0 Å². The third-order valence-electron chi connectivity index (χ3n) is 2.19. The van der Waals surface area contributed by atoms with Gasteiger partial charge in [-0.15, -0.1) is 11.3 Å². The highest BCUT2D eigenvalue weighted by molar-refractivity contribution is 7.07. The lowest BCUT2D eigenvalue weighted by Gasteiger charge is -2.14. The summed E-state index contributed by atoms with van der Waals surface area (Å²) >= 11 is 1.67. The van der Waals surface area contributed by atoms with E-state index in [1.165, 1.54) is 18.5 Å². The molecule has 0 aliphatic rings. The molecule has 3 heteroatoms. The maximum absolute atomic E-state index is 4.32. The van der Waals surface area contributed by atoms with Gasteiger partial charge in [0.2, 0.25) is 0 Å². The Balaban J connectivity index is 2.44. The molecule has 0 bridgehead atoms. The van der Waals surface area contributed by atoms with Crippen molar-refractivity contribution in [2.24, 2.45) is 5.92 Å². The zero-order valence-corrected chi connectivity index (χ0v) is 9.40. The Morgan fingerprint density at radius 2 is 2.23 bits per heavy atom. The van der Waals surface area contributed by atoms with E-state index >= 15 is 0 Å². The first-order chi connectivity index (χ1) is 6.24. The fraction of sp³-hybridized carbons (Fsp3) is 0.700. The maximum Gasteiger partial charge on any atom is 0.0795 e. The summed E-state index contributed by atoms with van der Waals surface area (Å²) in [6.45, 7) is 4.52. The maximum atomic E-state index is 4.32. The second-order valence-corrected chi connectivity index (χ2v) is 4.44. The van der Waals surface area contributed by atoms with Crippen molar-refractivity contribution in [3.05, 3.63) is 16.6 Å². The molecule has 1 unspecified atom stereocenters. The van der Waals surface area contributed by atoms with E-state index in [2.05, 4.69) is 29.5 Å². The lowest BCUT2D eigenvalue weighted by Crippen LogP contribution is -2.17. The molecule has 1 heterocycles. The second-order valence-electron chi connectivity index (χ2n) is 3.73. The van der Waals surface area contributed by atoms with Crippen molar-refractivity contribution in [2.75, 3.05) is 7.05 Å². The van der Waals surface area contributed by atoms with E-state index in [9.17, 15) is 0 Å². The van der Waals surface area contributed by atoms with Gasteiger partial charge in [-0.25, -0.2) is 4.98 Å². The predicted molar refractivity (Wildman–Crippen MR) is 58.0 cm³/mol. The molecule has 1 N–H and O–H groups in total. The van der Waals surface area contributed by atoms with E-state index in [-0.39, 0.29) is 0 Å². The van der Waals surface area contributed by atoms with E-state index in [1.54, 1.807) is 11.3 Å². The Labute approximate surface area is 84.4 Å². The highest BCUT2D eigenvalue weighted by atomic mass is 32.1. The molecule has 2 nitrogen and oxygen atoms in total. The first-order valence-corrected chi connectivity index (χ1v) is 5.73. The van der Waals surface area contributed by atoms with Crippen LogP contribution in [0.3, 0.4) is 0 Å². The molecule has 1 aromatic heterocycles. The quantitative estimate of drug-likeness (QED) is 0.787. The van der Waals surface area contributed by atoms with Gasteiger partial charge in [-0.3, -0.25) is 0 Å². The summed E-state index contributed by atoms with van der Waals surface area (Å²) in [7, 11) is 2.00. The highest BCUT2D eigenvalue weighted by Gasteiger charge is 2.10. The molecule has 1 atom stereocenters. The van der Waals surface area contributed by atoms with Crippen LogP contribution in [0.4, 0.5) is 0 Å². The van der Waals surface area contributed by atoms with E-state index in [0.29, 0.717) is 6.04 Å². The molecule has 0 aromatic carbocycles. The Morgan fingerprint density at radius 1 is 1.46 bits per heavy atom. The number of rotatable bonds is 5. The average Bonchev–Trinajstić information content (AvgIpc) is 2.58. The molecule has 0 saturated carbocycles. The highest BCUT2D eigenvalue weighted by Crippen LogP contribution is 2.20. The molecule has 0 aliphatic carbocycles. The van der Waals surface area contributed by atoms with Crippen molar-refractivity contribution in [3.8, 4) is 0 Å². The van der Waals surface area contributed by atoms with Crippen LogP contribution < -0.4 is 5.32 Å². The first kappa shape index (κ1) is 10.7. The summed E-state index contributed by atoms with van der Waals surface area (Å²) in [4.78, 5) is 4.32. The van der Waals surface area contributed by atoms with Crippen LogP contribution in [0.5, 0.6) is 0 Å². The van der Waals surface area contributed by atoms with Crippen molar-refractivity contribution in [2.45, 2.75) is 32.7 Å². The summed E-state index contributed by atoms with van der Waals surface area (Å²) in [6, 6.07) is 0.439. The Bertz CT molecular complexity index is 219. The summed E-state index contributed by atoms with van der Waals surface area (Å²) in [5.41, 5.74) is 3.09. The van der Waals surface area contributed by atoms with Crippen LogP contribution in [0.2, 0.25) is 0 Å². The van der Waals surface area contributed by atoms with E-state index in [0.717, 1.165) is 5.92 Å². The van der Waals surface area contributed by atoms with Gasteiger partial charge in [0.05, 0.1) is 17.2 Å². The van der Waals surface area contributed by atoms with Crippen LogP contribution in [0.1, 0.15) is 38.4 Å². The topological polar surface area (TPSA) is 24.9 Å². The zero-order chi connectivity index (χ0) is 9.68. The summed E-state index contributed by atoms with van der Waals surface area (Å²) in [5, 5.41) is 5.43. The van der Waals surface area contributed by atoms with Crippen LogP contribution >= 0.6 is 11.3 Å². The minimum absolute atomic E-state index is 0.439. The first-order valence-electron chi connectivity index (χ1n) is 4.79. The fourth-order valence-corrected chi connectivity index (χ4v) is 1.94. The standard InChI is InChI=1S/C10H18N2S/c1-8(2)4-5-9(11-3)10-6-13-7-12-10/h6-9,11H,4-5H2,1-3H3. The van der Waals surface area contributed by atoms with Crippen LogP contribution in [-0.4, -0.2) is 12.0 Å². The Kier molecular flexibility index (Phi) is 4.39. The third-order valence-corrected chi connectivity index (χ3v) is 2.79.